The van der Waals surface area contributed by atoms with Gasteiger partial charge in [0.15, 0.2) is 0 Å². The van der Waals surface area contributed by atoms with E-state index in [0.717, 1.165) is 5.56 Å². The van der Waals surface area contributed by atoms with Crippen molar-refractivity contribution in [3.63, 3.8) is 0 Å². The average molecular weight is 515 g/mol. The van der Waals surface area contributed by atoms with Crippen LogP contribution in [0.15, 0.2) is 24.3 Å². The van der Waals surface area contributed by atoms with Crippen LogP contribution in [0.25, 0.3) is 0 Å². The molecule has 2 heterocycles. The molecule has 0 spiro atoms. The van der Waals surface area contributed by atoms with E-state index in [1.807, 2.05) is 26.8 Å². The van der Waals surface area contributed by atoms with Crippen LogP contribution in [-0.4, -0.2) is 72.2 Å². The van der Waals surface area contributed by atoms with Gasteiger partial charge in [0.2, 0.25) is 29.5 Å². The summed E-state index contributed by atoms with van der Waals surface area (Å²) in [6, 6.07) is 4.71. The molecule has 11 nitrogen and oxygen atoms in total. The molecule has 1 aromatic rings. The zero-order chi connectivity index (χ0) is 27.3. The third-order valence-corrected chi connectivity index (χ3v) is 6.77. The lowest BCUT2D eigenvalue weighted by Gasteiger charge is -2.36. The van der Waals surface area contributed by atoms with Gasteiger partial charge in [-0.3, -0.25) is 24.0 Å². The van der Waals surface area contributed by atoms with Gasteiger partial charge in [0.1, 0.15) is 18.1 Å². The fourth-order valence-electron chi connectivity index (χ4n) is 4.33. The molecule has 1 aromatic carbocycles. The fraction of sp³-hybridized carbons (Fsp3) is 0.577. The lowest BCUT2D eigenvalue weighted by Crippen LogP contribution is -2.59. The van der Waals surface area contributed by atoms with E-state index in [0.29, 0.717) is 25.1 Å². The van der Waals surface area contributed by atoms with E-state index in [9.17, 15) is 24.0 Å². The van der Waals surface area contributed by atoms with Gasteiger partial charge in [-0.05, 0) is 49.9 Å². The predicted octanol–water partition coefficient (Wildman–Crippen LogP) is 0.260. The molecule has 3 rings (SSSR count). The molecule has 0 bridgehead atoms. The first-order valence-corrected chi connectivity index (χ1v) is 12.7. The van der Waals surface area contributed by atoms with Crippen molar-refractivity contribution < 1.29 is 24.0 Å². The number of hydrogen-bond donors (Lipinski definition) is 5. The maximum Gasteiger partial charge on any atom is 0.247 e. The van der Waals surface area contributed by atoms with Crippen LogP contribution in [0.1, 0.15) is 52.5 Å². The molecule has 4 atom stereocenters. The first-order chi connectivity index (χ1) is 17.4. The molecule has 0 unspecified atom stereocenters. The number of carbonyl (C=O) groups is 5. The zero-order valence-electron chi connectivity index (χ0n) is 22.1. The highest BCUT2D eigenvalue weighted by atomic mass is 16.2. The summed E-state index contributed by atoms with van der Waals surface area (Å²) in [4.78, 5) is 63.9. The standard InChI is InChI=1S/C26H38N6O5/c1-15(27-5)22(34)31-21(26(2,3)4)25(37)32-11-7-10-19(32)24(36)28-14-16-8-6-9-17(12-16)29-23(35)18-13-20(33)30-18/h6,8-9,12,15,18-19,21,27H,7,10-11,13-14H2,1-5H3,(H,28,36)(H,29,35)(H,30,33)(H,31,34)/t15-,18+,19-,21+/m0/s1. The van der Waals surface area contributed by atoms with Crippen LogP contribution in [-0.2, 0) is 30.5 Å². The molecule has 2 fully saturated rings. The van der Waals surface area contributed by atoms with Gasteiger partial charge in [-0.25, -0.2) is 0 Å². The van der Waals surface area contributed by atoms with Crippen molar-refractivity contribution in [2.75, 3.05) is 18.9 Å². The number of rotatable bonds is 9. The molecule has 37 heavy (non-hydrogen) atoms. The fourth-order valence-corrected chi connectivity index (χ4v) is 4.33. The highest BCUT2D eigenvalue weighted by Crippen LogP contribution is 2.26. The Hall–Kier alpha value is -3.47. The number of likely N-dealkylation sites (tertiary alicyclic amines) is 1. The Morgan fingerprint density at radius 3 is 2.49 bits per heavy atom. The topological polar surface area (TPSA) is 149 Å². The highest BCUT2D eigenvalue weighted by molar-refractivity contribution is 6.03. The van der Waals surface area contributed by atoms with Crippen LogP contribution >= 0.6 is 0 Å². The second-order valence-corrected chi connectivity index (χ2v) is 10.7. The predicted molar refractivity (Wildman–Crippen MR) is 138 cm³/mol. The monoisotopic (exact) mass is 514 g/mol. The molecule has 202 valence electrons. The van der Waals surface area contributed by atoms with Crippen LogP contribution < -0.4 is 26.6 Å². The first kappa shape index (κ1) is 28.1. The second kappa shape index (κ2) is 11.7. The largest absolute Gasteiger partial charge is 0.350 e. The van der Waals surface area contributed by atoms with E-state index < -0.39 is 29.6 Å². The molecular formula is C26H38N6O5. The minimum absolute atomic E-state index is 0.153. The van der Waals surface area contributed by atoms with Crippen LogP contribution in [0.4, 0.5) is 5.69 Å². The van der Waals surface area contributed by atoms with E-state index in [1.165, 1.54) is 0 Å². The normalized spacial score (nSPS) is 20.8. The van der Waals surface area contributed by atoms with Crippen molar-refractivity contribution in [1.82, 2.24) is 26.2 Å². The Morgan fingerprint density at radius 2 is 1.86 bits per heavy atom. The van der Waals surface area contributed by atoms with Gasteiger partial charge < -0.3 is 31.5 Å². The van der Waals surface area contributed by atoms with Gasteiger partial charge in [0.25, 0.3) is 0 Å². The lowest BCUT2D eigenvalue weighted by molar-refractivity contribution is -0.144. The molecule has 0 saturated carbocycles. The van der Waals surface area contributed by atoms with Crippen LogP contribution in [0.3, 0.4) is 0 Å². The van der Waals surface area contributed by atoms with Crippen molar-refractivity contribution in [2.45, 2.75) is 77.7 Å². The van der Waals surface area contributed by atoms with Crippen molar-refractivity contribution in [3.05, 3.63) is 29.8 Å². The third kappa shape index (κ3) is 7.06. The Bertz CT molecular complexity index is 1040. The van der Waals surface area contributed by atoms with Crippen LogP contribution in [0, 0.1) is 5.41 Å². The Morgan fingerprint density at radius 1 is 1.16 bits per heavy atom. The number of nitrogens with zero attached hydrogens (tertiary/aromatic N) is 1. The molecule has 0 radical (unpaired) electrons. The number of benzene rings is 1. The number of nitrogens with one attached hydrogen (secondary N) is 5. The molecule has 0 aliphatic carbocycles. The van der Waals surface area contributed by atoms with E-state index in [1.54, 1.807) is 37.1 Å². The smallest absolute Gasteiger partial charge is 0.247 e. The number of carbonyl (C=O) groups excluding carboxylic acids is 5. The van der Waals surface area contributed by atoms with Crippen molar-refractivity contribution in [3.8, 4) is 0 Å². The van der Waals surface area contributed by atoms with Gasteiger partial charge in [-0.1, -0.05) is 32.9 Å². The van der Waals surface area contributed by atoms with Crippen LogP contribution in [0.2, 0.25) is 0 Å². The number of hydrogen-bond acceptors (Lipinski definition) is 6. The number of likely N-dealkylation sites (N-methyl/N-ethyl adjacent to an activating group) is 1. The van der Waals surface area contributed by atoms with Gasteiger partial charge in [0.05, 0.1) is 12.5 Å². The van der Waals surface area contributed by atoms with Gasteiger partial charge in [0, 0.05) is 18.8 Å². The first-order valence-electron chi connectivity index (χ1n) is 12.7. The lowest BCUT2D eigenvalue weighted by atomic mass is 9.85. The van der Waals surface area contributed by atoms with E-state index >= 15 is 0 Å². The minimum Gasteiger partial charge on any atom is -0.350 e. The molecule has 2 aliphatic rings. The summed E-state index contributed by atoms with van der Waals surface area (Å²) in [6.45, 7) is 8.04. The summed E-state index contributed by atoms with van der Waals surface area (Å²) in [5.74, 6) is -1.25. The molecule has 5 amide bonds. The summed E-state index contributed by atoms with van der Waals surface area (Å²) in [5, 5.41) is 13.9. The van der Waals surface area contributed by atoms with Crippen molar-refractivity contribution in [2.24, 2.45) is 5.41 Å². The van der Waals surface area contributed by atoms with E-state index in [-0.39, 0.29) is 42.5 Å². The van der Waals surface area contributed by atoms with Crippen molar-refractivity contribution in [1.29, 1.82) is 0 Å². The zero-order valence-corrected chi connectivity index (χ0v) is 22.1. The van der Waals surface area contributed by atoms with Gasteiger partial charge in [-0.2, -0.15) is 0 Å². The highest BCUT2D eigenvalue weighted by Gasteiger charge is 2.42. The van der Waals surface area contributed by atoms with Gasteiger partial charge in [-0.15, -0.1) is 0 Å². The molecule has 2 saturated heterocycles. The number of β-lactam (4-membered cyclic amide) rings is 1. The molecule has 2 aliphatic heterocycles. The molecule has 11 heteroatoms. The Kier molecular flexibility index (Phi) is 8.90. The minimum atomic E-state index is -0.773. The number of amides is 5. The quantitative estimate of drug-likeness (QED) is 0.299. The SMILES string of the molecule is CN[C@@H](C)C(=O)N[C@H](C(=O)N1CCC[C@H]1C(=O)NCc1cccc(NC(=O)[C@H]2CC(=O)N2)c1)C(C)(C)C. The summed E-state index contributed by atoms with van der Waals surface area (Å²) in [5.41, 5.74) is 0.799. The van der Waals surface area contributed by atoms with E-state index in [4.69, 9.17) is 0 Å². The molecule has 0 aromatic heterocycles. The number of anilines is 1. The Balaban J connectivity index is 1.61. The van der Waals surface area contributed by atoms with Gasteiger partial charge >= 0.3 is 0 Å². The summed E-state index contributed by atoms with van der Waals surface area (Å²) >= 11 is 0. The Labute approximate surface area is 217 Å². The van der Waals surface area contributed by atoms with Crippen molar-refractivity contribution >= 4 is 35.2 Å². The average Bonchev–Trinajstić information content (AvgIpc) is 3.32. The summed E-state index contributed by atoms with van der Waals surface area (Å²) in [7, 11) is 1.68. The maximum absolute atomic E-state index is 13.5. The van der Waals surface area contributed by atoms with E-state index in [2.05, 4.69) is 26.6 Å². The van der Waals surface area contributed by atoms with Crippen LogP contribution in [0.5, 0.6) is 0 Å². The molecule has 5 N–H and O–H groups in total. The maximum atomic E-state index is 13.5. The molecular weight excluding hydrogens is 476 g/mol. The second-order valence-electron chi connectivity index (χ2n) is 10.7. The summed E-state index contributed by atoms with van der Waals surface area (Å²) < 4.78 is 0. The summed E-state index contributed by atoms with van der Waals surface area (Å²) in [6.07, 6.45) is 1.41. The third-order valence-electron chi connectivity index (χ3n) is 6.77.